The summed E-state index contributed by atoms with van der Waals surface area (Å²) in [7, 11) is 0. The minimum atomic E-state index is -0.133. The van der Waals surface area contributed by atoms with Crippen molar-refractivity contribution in [2.45, 2.75) is 13.5 Å². The Bertz CT molecular complexity index is 969. The minimum absolute atomic E-state index is 0.0747. The first-order valence-electron chi connectivity index (χ1n) is 8.76. The number of carbonyl (C=O) groups excluding carboxylic acids is 1. The maximum absolute atomic E-state index is 12.7. The summed E-state index contributed by atoms with van der Waals surface area (Å²) in [5, 5.41) is 1.00. The third kappa shape index (κ3) is 3.10. The summed E-state index contributed by atoms with van der Waals surface area (Å²) in [5.41, 5.74) is 1.35. The summed E-state index contributed by atoms with van der Waals surface area (Å²) in [5.74, 6) is -0.0747. The first-order valence-corrected chi connectivity index (χ1v) is 9.57. The van der Waals surface area contributed by atoms with Crippen LogP contribution >= 0.6 is 11.3 Å². The van der Waals surface area contributed by atoms with Crippen LogP contribution in [0.25, 0.3) is 10.2 Å². The van der Waals surface area contributed by atoms with Gasteiger partial charge in [-0.25, -0.2) is 4.98 Å². The molecule has 0 spiro atoms. The summed E-state index contributed by atoms with van der Waals surface area (Å²) in [6, 6.07) is 11.3. The Labute approximate surface area is 155 Å². The van der Waals surface area contributed by atoms with Crippen molar-refractivity contribution in [2.24, 2.45) is 0 Å². The number of piperazine rings is 1. The highest BCUT2D eigenvalue weighted by molar-refractivity contribution is 7.22. The standard InChI is InChI=1S/C19H20N4O2S/c1-2-21-8-7-14(13-17(21)24)18(25)22-9-11-23(12-10-22)19-20-15-5-3-4-6-16(15)26-19/h3-8,13H,2,9-12H2,1H3. The maximum atomic E-state index is 12.7. The molecule has 0 atom stereocenters. The third-order valence-corrected chi connectivity index (χ3v) is 5.80. The van der Waals surface area contributed by atoms with Crippen LogP contribution in [0.15, 0.2) is 47.4 Å². The van der Waals surface area contributed by atoms with Gasteiger partial charge in [-0.3, -0.25) is 9.59 Å². The summed E-state index contributed by atoms with van der Waals surface area (Å²) in [6.07, 6.45) is 1.69. The minimum Gasteiger partial charge on any atom is -0.345 e. The topological polar surface area (TPSA) is 58.4 Å². The Morgan fingerprint density at radius 3 is 2.62 bits per heavy atom. The van der Waals surface area contributed by atoms with Gasteiger partial charge in [-0.2, -0.15) is 0 Å². The molecular weight excluding hydrogens is 348 g/mol. The largest absolute Gasteiger partial charge is 0.345 e. The number of hydrogen-bond donors (Lipinski definition) is 0. The van der Waals surface area contributed by atoms with Gasteiger partial charge in [-0.05, 0) is 25.1 Å². The highest BCUT2D eigenvalue weighted by Gasteiger charge is 2.24. The number of amides is 1. The first kappa shape index (κ1) is 16.8. The fraction of sp³-hybridized carbons (Fsp3) is 0.316. The van der Waals surface area contributed by atoms with Crippen molar-refractivity contribution in [1.82, 2.24) is 14.5 Å². The van der Waals surface area contributed by atoms with Crippen LogP contribution in [-0.4, -0.2) is 46.5 Å². The summed E-state index contributed by atoms with van der Waals surface area (Å²) >= 11 is 1.68. The molecule has 3 aromatic rings. The van der Waals surface area contributed by atoms with Crippen LogP contribution in [0.2, 0.25) is 0 Å². The van der Waals surface area contributed by atoms with Gasteiger partial charge < -0.3 is 14.4 Å². The molecule has 7 heteroatoms. The Kier molecular flexibility index (Phi) is 4.46. The lowest BCUT2D eigenvalue weighted by Crippen LogP contribution is -2.49. The number of thiazole rings is 1. The quantitative estimate of drug-likeness (QED) is 0.713. The lowest BCUT2D eigenvalue weighted by molar-refractivity contribution is 0.0746. The second-order valence-electron chi connectivity index (χ2n) is 6.28. The van der Waals surface area contributed by atoms with Crippen molar-refractivity contribution >= 4 is 32.6 Å². The van der Waals surface area contributed by atoms with Crippen LogP contribution in [0, 0.1) is 0 Å². The number of nitrogens with zero attached hydrogens (tertiary/aromatic N) is 4. The molecule has 6 nitrogen and oxygen atoms in total. The van der Waals surface area contributed by atoms with Crippen LogP contribution in [0.5, 0.6) is 0 Å². The Hall–Kier alpha value is -2.67. The predicted molar refractivity (Wildman–Crippen MR) is 104 cm³/mol. The van der Waals surface area contributed by atoms with E-state index in [0.717, 1.165) is 23.7 Å². The van der Waals surface area contributed by atoms with Gasteiger partial charge in [0.2, 0.25) is 0 Å². The van der Waals surface area contributed by atoms with Gasteiger partial charge in [0.05, 0.1) is 10.2 Å². The molecule has 1 fully saturated rings. The monoisotopic (exact) mass is 368 g/mol. The average molecular weight is 368 g/mol. The fourth-order valence-electron chi connectivity index (χ4n) is 3.18. The van der Waals surface area contributed by atoms with E-state index in [1.807, 2.05) is 30.0 Å². The van der Waals surface area contributed by atoms with Gasteiger partial charge in [0.25, 0.3) is 11.5 Å². The molecule has 1 amide bonds. The highest BCUT2D eigenvalue weighted by atomic mass is 32.1. The molecule has 1 aromatic carbocycles. The van der Waals surface area contributed by atoms with E-state index in [-0.39, 0.29) is 11.5 Å². The number of pyridine rings is 1. The molecule has 0 bridgehead atoms. The average Bonchev–Trinajstić information content (AvgIpc) is 3.11. The van der Waals surface area contributed by atoms with Gasteiger partial charge >= 0.3 is 0 Å². The van der Waals surface area contributed by atoms with Gasteiger partial charge in [-0.1, -0.05) is 23.5 Å². The molecule has 26 heavy (non-hydrogen) atoms. The number of rotatable bonds is 3. The zero-order valence-electron chi connectivity index (χ0n) is 14.6. The van der Waals surface area contributed by atoms with Crippen molar-refractivity contribution in [3.63, 3.8) is 0 Å². The van der Waals surface area contributed by atoms with Crippen LogP contribution in [0.4, 0.5) is 5.13 Å². The molecule has 2 aromatic heterocycles. The number of fused-ring (bicyclic) bond motifs is 1. The van der Waals surface area contributed by atoms with Crippen molar-refractivity contribution in [3.05, 3.63) is 58.5 Å². The molecule has 0 N–H and O–H groups in total. The van der Waals surface area contributed by atoms with Gasteiger partial charge in [-0.15, -0.1) is 0 Å². The summed E-state index contributed by atoms with van der Waals surface area (Å²) in [6.45, 7) is 5.27. The van der Waals surface area contributed by atoms with Gasteiger partial charge in [0, 0.05) is 50.6 Å². The molecule has 1 aliphatic rings. The highest BCUT2D eigenvalue weighted by Crippen LogP contribution is 2.29. The van der Waals surface area contributed by atoms with E-state index >= 15 is 0 Å². The molecule has 0 unspecified atom stereocenters. The predicted octanol–water partition coefficient (Wildman–Crippen LogP) is 2.44. The van der Waals surface area contributed by atoms with Crippen molar-refractivity contribution < 1.29 is 4.79 Å². The number of benzene rings is 1. The van der Waals surface area contributed by atoms with E-state index in [1.165, 1.54) is 10.8 Å². The lowest BCUT2D eigenvalue weighted by atomic mass is 10.2. The SMILES string of the molecule is CCn1ccc(C(=O)N2CCN(c3nc4ccccc4s3)CC2)cc1=O. The van der Waals surface area contributed by atoms with E-state index in [2.05, 4.69) is 11.0 Å². The maximum Gasteiger partial charge on any atom is 0.254 e. The zero-order valence-corrected chi connectivity index (χ0v) is 15.4. The first-order chi connectivity index (χ1) is 12.7. The van der Waals surface area contributed by atoms with Crippen molar-refractivity contribution in [3.8, 4) is 0 Å². The molecule has 0 radical (unpaired) electrons. The Balaban J connectivity index is 1.45. The van der Waals surface area contributed by atoms with Gasteiger partial charge in [0.1, 0.15) is 0 Å². The number of aryl methyl sites for hydroxylation is 1. The third-order valence-electron chi connectivity index (χ3n) is 4.70. The number of carbonyl (C=O) groups is 1. The summed E-state index contributed by atoms with van der Waals surface area (Å²) in [4.78, 5) is 33.4. The molecule has 134 valence electrons. The number of para-hydroxylation sites is 1. The van der Waals surface area contributed by atoms with Crippen LogP contribution in [0.1, 0.15) is 17.3 Å². The van der Waals surface area contributed by atoms with Crippen LogP contribution in [0.3, 0.4) is 0 Å². The van der Waals surface area contributed by atoms with Crippen molar-refractivity contribution in [2.75, 3.05) is 31.1 Å². The van der Waals surface area contributed by atoms with Crippen LogP contribution < -0.4 is 10.5 Å². The molecule has 1 aliphatic heterocycles. The van der Waals surface area contributed by atoms with Crippen molar-refractivity contribution in [1.29, 1.82) is 0 Å². The zero-order chi connectivity index (χ0) is 18.1. The number of hydrogen-bond acceptors (Lipinski definition) is 5. The smallest absolute Gasteiger partial charge is 0.254 e. The van der Waals surface area contributed by atoms with E-state index in [0.29, 0.717) is 25.2 Å². The lowest BCUT2D eigenvalue weighted by Gasteiger charge is -2.34. The fourth-order valence-corrected chi connectivity index (χ4v) is 4.20. The molecule has 1 saturated heterocycles. The Morgan fingerprint density at radius 2 is 1.92 bits per heavy atom. The van der Waals surface area contributed by atoms with Crippen LogP contribution in [-0.2, 0) is 6.54 Å². The van der Waals surface area contributed by atoms with E-state index in [1.54, 1.807) is 28.2 Å². The second kappa shape index (κ2) is 6.92. The van der Waals surface area contributed by atoms with E-state index in [4.69, 9.17) is 4.98 Å². The molecule has 0 aliphatic carbocycles. The Morgan fingerprint density at radius 1 is 1.15 bits per heavy atom. The second-order valence-corrected chi connectivity index (χ2v) is 7.29. The molecular formula is C19H20N4O2S. The van der Waals surface area contributed by atoms with E-state index in [9.17, 15) is 9.59 Å². The normalized spacial score (nSPS) is 14.8. The van der Waals surface area contributed by atoms with Gasteiger partial charge in [0.15, 0.2) is 5.13 Å². The summed E-state index contributed by atoms with van der Waals surface area (Å²) < 4.78 is 2.76. The number of anilines is 1. The molecule has 3 heterocycles. The van der Waals surface area contributed by atoms with E-state index < -0.39 is 0 Å². The molecule has 0 saturated carbocycles. The molecule has 4 rings (SSSR count). The number of aromatic nitrogens is 2.